The molecule has 1 aromatic carbocycles. The number of hydrogen-bond donors (Lipinski definition) is 0. The van der Waals surface area contributed by atoms with Gasteiger partial charge in [0.25, 0.3) is 5.56 Å². The van der Waals surface area contributed by atoms with E-state index >= 15 is 0 Å². The van der Waals surface area contributed by atoms with Crippen LogP contribution in [0.5, 0.6) is 0 Å². The van der Waals surface area contributed by atoms with Crippen LogP contribution in [0.3, 0.4) is 0 Å². The monoisotopic (exact) mass is 522 g/mol. The van der Waals surface area contributed by atoms with Crippen LogP contribution in [0.4, 0.5) is 4.79 Å². The Balaban J connectivity index is 1.55. The fourth-order valence-electron chi connectivity index (χ4n) is 4.64. The second-order valence-electron chi connectivity index (χ2n) is 10.3. The smallest absolute Gasteiger partial charge is 0.410 e. The summed E-state index contributed by atoms with van der Waals surface area (Å²) in [7, 11) is 0. The van der Waals surface area contributed by atoms with Crippen LogP contribution in [0.1, 0.15) is 51.1 Å². The number of ether oxygens (including phenoxy) is 1. The highest BCUT2D eigenvalue weighted by Crippen LogP contribution is 2.32. The van der Waals surface area contributed by atoms with Crippen molar-refractivity contribution >= 4 is 27.6 Å². The molecule has 0 bridgehead atoms. The first kappa shape index (κ1) is 25.0. The molecule has 10 heteroatoms. The summed E-state index contributed by atoms with van der Waals surface area (Å²) in [6.45, 7) is 8.30. The van der Waals surface area contributed by atoms with E-state index in [0.29, 0.717) is 47.6 Å². The Morgan fingerprint density at radius 1 is 1.16 bits per heavy atom. The van der Waals surface area contributed by atoms with E-state index in [1.807, 2.05) is 64.1 Å². The van der Waals surface area contributed by atoms with E-state index in [4.69, 9.17) is 9.15 Å². The third kappa shape index (κ3) is 4.98. The van der Waals surface area contributed by atoms with Crippen molar-refractivity contribution in [1.29, 1.82) is 0 Å². The predicted octanol–water partition coefficient (Wildman–Crippen LogP) is 4.81. The van der Waals surface area contributed by atoms with Gasteiger partial charge < -0.3 is 14.1 Å². The maximum absolute atomic E-state index is 13.9. The number of aromatic nitrogens is 3. The maximum Gasteiger partial charge on any atom is 0.410 e. The predicted molar refractivity (Wildman–Crippen MR) is 142 cm³/mol. The molecule has 1 aliphatic heterocycles. The van der Waals surface area contributed by atoms with E-state index in [9.17, 15) is 14.4 Å². The molecular weight excluding hydrogens is 492 g/mol. The number of rotatable bonds is 4. The molecular formula is C27H30N4O5S. The first-order valence-corrected chi connectivity index (χ1v) is 13.1. The minimum Gasteiger partial charge on any atom is -0.446 e. The normalized spacial score (nSPS) is 14.9. The molecule has 0 aliphatic carbocycles. The Bertz CT molecular complexity index is 1550. The minimum atomic E-state index is -0.585. The van der Waals surface area contributed by atoms with E-state index in [1.54, 1.807) is 9.47 Å². The second-order valence-corrected chi connectivity index (χ2v) is 11.3. The van der Waals surface area contributed by atoms with Gasteiger partial charge >= 0.3 is 11.8 Å². The number of likely N-dealkylation sites (tertiary alicyclic amines) is 1. The van der Waals surface area contributed by atoms with Crippen molar-refractivity contribution in [3.05, 3.63) is 75.1 Å². The van der Waals surface area contributed by atoms with E-state index in [2.05, 4.69) is 4.98 Å². The van der Waals surface area contributed by atoms with Crippen LogP contribution in [0.25, 0.3) is 20.7 Å². The van der Waals surface area contributed by atoms with E-state index in [-0.39, 0.29) is 29.9 Å². The molecule has 0 spiro atoms. The molecule has 194 valence electrons. The second kappa shape index (κ2) is 9.66. The molecule has 0 unspecified atom stereocenters. The zero-order valence-electron chi connectivity index (χ0n) is 21.4. The van der Waals surface area contributed by atoms with Crippen molar-refractivity contribution in [2.45, 2.75) is 58.7 Å². The third-order valence-corrected chi connectivity index (χ3v) is 7.70. The number of benzene rings is 1. The molecule has 9 nitrogen and oxygen atoms in total. The number of fused-ring (bicyclic) bond motifs is 1. The molecule has 1 fully saturated rings. The van der Waals surface area contributed by atoms with Crippen molar-refractivity contribution in [3.8, 4) is 10.4 Å². The molecule has 3 aromatic heterocycles. The minimum absolute atomic E-state index is 0.170. The molecule has 0 saturated carbocycles. The van der Waals surface area contributed by atoms with Gasteiger partial charge in [-0.05, 0) is 52.2 Å². The van der Waals surface area contributed by atoms with Crippen molar-refractivity contribution in [2.24, 2.45) is 0 Å². The maximum atomic E-state index is 13.9. The van der Waals surface area contributed by atoms with Crippen molar-refractivity contribution in [3.63, 3.8) is 0 Å². The van der Waals surface area contributed by atoms with E-state index in [1.165, 1.54) is 22.3 Å². The van der Waals surface area contributed by atoms with Crippen LogP contribution in [-0.4, -0.2) is 43.8 Å². The molecule has 0 radical (unpaired) electrons. The molecule has 4 aromatic rings. The third-order valence-electron chi connectivity index (χ3n) is 6.54. The molecule has 5 rings (SSSR count). The van der Waals surface area contributed by atoms with Gasteiger partial charge in [0.05, 0.1) is 17.8 Å². The molecule has 1 saturated heterocycles. The van der Waals surface area contributed by atoms with Gasteiger partial charge in [-0.15, -0.1) is 11.3 Å². The lowest BCUT2D eigenvalue weighted by Gasteiger charge is -2.34. The number of piperidine rings is 1. The number of carbonyl (C=O) groups excluding carboxylic acids is 1. The Morgan fingerprint density at radius 3 is 2.49 bits per heavy atom. The van der Waals surface area contributed by atoms with Crippen LogP contribution in [0.15, 0.2) is 56.8 Å². The van der Waals surface area contributed by atoms with Crippen LogP contribution in [0, 0.1) is 6.92 Å². The standard InChI is InChI=1S/C27H30N4O5S/c1-17-21(35-16-28-17)15-30-20-14-22(18-8-6-5-7-9-18)37-23(20)24(32)31(25(30)33)19-10-12-29(13-11-19)26(34)36-27(2,3)4/h5-9,14,16,19H,10-13,15H2,1-4H3. The van der Waals surface area contributed by atoms with Gasteiger partial charge in [-0.3, -0.25) is 13.9 Å². The zero-order valence-corrected chi connectivity index (χ0v) is 22.2. The quantitative estimate of drug-likeness (QED) is 0.381. The summed E-state index contributed by atoms with van der Waals surface area (Å²) >= 11 is 1.38. The number of oxazole rings is 1. The lowest BCUT2D eigenvalue weighted by Crippen LogP contribution is -2.47. The number of carbonyl (C=O) groups is 1. The average molecular weight is 523 g/mol. The first-order chi connectivity index (χ1) is 17.6. The van der Waals surface area contributed by atoms with Gasteiger partial charge in [-0.2, -0.15) is 0 Å². The van der Waals surface area contributed by atoms with Crippen LogP contribution < -0.4 is 11.2 Å². The van der Waals surface area contributed by atoms with Crippen LogP contribution in [-0.2, 0) is 11.3 Å². The number of thiophene rings is 1. The molecule has 1 amide bonds. The number of hydrogen-bond acceptors (Lipinski definition) is 7. The molecule has 0 N–H and O–H groups in total. The summed E-state index contributed by atoms with van der Waals surface area (Å²) in [6.07, 6.45) is 1.95. The highest BCUT2D eigenvalue weighted by molar-refractivity contribution is 7.22. The van der Waals surface area contributed by atoms with Crippen LogP contribution in [0.2, 0.25) is 0 Å². The summed E-state index contributed by atoms with van der Waals surface area (Å²) in [5.74, 6) is 0.570. The topological polar surface area (TPSA) is 99.6 Å². The lowest BCUT2D eigenvalue weighted by molar-refractivity contribution is 0.0186. The summed E-state index contributed by atoms with van der Waals surface area (Å²) < 4.78 is 14.5. The Morgan fingerprint density at radius 2 is 1.86 bits per heavy atom. The average Bonchev–Trinajstić information content (AvgIpc) is 3.48. The van der Waals surface area contributed by atoms with Gasteiger partial charge in [0.1, 0.15) is 16.1 Å². The highest BCUT2D eigenvalue weighted by atomic mass is 32.1. The van der Waals surface area contributed by atoms with Crippen molar-refractivity contribution < 1.29 is 13.9 Å². The number of nitrogens with zero attached hydrogens (tertiary/aromatic N) is 4. The Hall–Kier alpha value is -3.66. The number of aryl methyl sites for hydroxylation is 1. The van der Waals surface area contributed by atoms with Crippen molar-refractivity contribution in [1.82, 2.24) is 19.0 Å². The van der Waals surface area contributed by atoms with Gasteiger partial charge in [-0.1, -0.05) is 30.3 Å². The molecule has 1 aliphatic rings. The number of amides is 1. The fourth-order valence-corrected chi connectivity index (χ4v) is 5.74. The Kier molecular flexibility index (Phi) is 6.53. The SMILES string of the molecule is Cc1ncoc1Cn1c(=O)n(C2CCN(C(=O)OC(C)(C)C)CC2)c(=O)c2sc(-c3ccccc3)cc21. The first-order valence-electron chi connectivity index (χ1n) is 12.3. The molecule has 4 heterocycles. The Labute approximate surface area is 217 Å². The van der Waals surface area contributed by atoms with Crippen LogP contribution >= 0.6 is 11.3 Å². The zero-order chi connectivity index (χ0) is 26.3. The highest BCUT2D eigenvalue weighted by Gasteiger charge is 2.30. The fraction of sp³-hybridized carbons (Fsp3) is 0.407. The van der Waals surface area contributed by atoms with Gasteiger partial charge in [0.2, 0.25) is 0 Å². The lowest BCUT2D eigenvalue weighted by atomic mass is 10.1. The van der Waals surface area contributed by atoms with Gasteiger partial charge in [0, 0.05) is 24.0 Å². The largest absolute Gasteiger partial charge is 0.446 e. The van der Waals surface area contributed by atoms with E-state index < -0.39 is 5.60 Å². The van der Waals surface area contributed by atoms with Crippen molar-refractivity contribution in [2.75, 3.05) is 13.1 Å². The summed E-state index contributed by atoms with van der Waals surface area (Å²) in [5.41, 5.74) is 0.988. The molecule has 37 heavy (non-hydrogen) atoms. The molecule has 0 atom stereocenters. The van der Waals surface area contributed by atoms with Gasteiger partial charge in [-0.25, -0.2) is 14.6 Å². The summed E-state index contributed by atoms with van der Waals surface area (Å²) in [6, 6.07) is 11.4. The van der Waals surface area contributed by atoms with Gasteiger partial charge in [0.15, 0.2) is 6.39 Å². The van der Waals surface area contributed by atoms with E-state index in [0.717, 1.165) is 10.4 Å². The summed E-state index contributed by atoms with van der Waals surface area (Å²) in [4.78, 5) is 46.8. The summed E-state index contributed by atoms with van der Waals surface area (Å²) in [5, 5.41) is 0.